The molecular weight excluding hydrogens is 372 g/mol. The van der Waals surface area contributed by atoms with Crippen molar-refractivity contribution < 1.29 is 13.2 Å². The second kappa shape index (κ2) is 8.45. The van der Waals surface area contributed by atoms with Crippen LogP contribution in [0.25, 0.3) is 0 Å². The molecule has 3 rings (SSSR count). The van der Waals surface area contributed by atoms with Gasteiger partial charge in [0.05, 0.1) is 4.90 Å². The SMILES string of the molecule is CCN(C(=O)c1ccc(S(=O)(=O)N2C[C@@H](C)C[C@H](C)C2)cc1)c1ccccc1. The molecule has 6 heteroatoms. The quantitative estimate of drug-likeness (QED) is 0.762. The van der Waals surface area contributed by atoms with Crippen LogP contribution in [0.4, 0.5) is 5.69 Å². The zero-order valence-electron chi connectivity index (χ0n) is 16.7. The molecule has 0 spiro atoms. The van der Waals surface area contributed by atoms with E-state index in [1.165, 1.54) is 0 Å². The summed E-state index contributed by atoms with van der Waals surface area (Å²) >= 11 is 0. The Morgan fingerprint density at radius 1 is 1.00 bits per heavy atom. The van der Waals surface area contributed by atoms with Crippen molar-refractivity contribution in [2.45, 2.75) is 32.1 Å². The second-order valence-corrected chi connectivity index (χ2v) is 9.62. The minimum atomic E-state index is -3.54. The number of anilines is 1. The van der Waals surface area contributed by atoms with Crippen LogP contribution in [0.2, 0.25) is 0 Å². The van der Waals surface area contributed by atoms with Gasteiger partial charge in [0.1, 0.15) is 0 Å². The first-order valence-corrected chi connectivity index (χ1v) is 11.2. The van der Waals surface area contributed by atoms with Crippen LogP contribution in [0.5, 0.6) is 0 Å². The molecular formula is C22H28N2O3S. The van der Waals surface area contributed by atoms with Crippen molar-refractivity contribution in [2.75, 3.05) is 24.5 Å². The Morgan fingerprint density at radius 2 is 1.57 bits per heavy atom. The fourth-order valence-electron chi connectivity index (χ4n) is 3.93. The van der Waals surface area contributed by atoms with Gasteiger partial charge < -0.3 is 4.90 Å². The van der Waals surface area contributed by atoms with Crippen LogP contribution in [-0.4, -0.2) is 38.3 Å². The summed E-state index contributed by atoms with van der Waals surface area (Å²) in [7, 11) is -3.54. The lowest BCUT2D eigenvalue weighted by atomic mass is 9.94. The summed E-state index contributed by atoms with van der Waals surface area (Å²) in [5, 5.41) is 0. The number of hydrogen-bond donors (Lipinski definition) is 0. The predicted octanol–water partition coefficient (Wildman–Crippen LogP) is 4.02. The van der Waals surface area contributed by atoms with E-state index >= 15 is 0 Å². The molecule has 28 heavy (non-hydrogen) atoms. The average molecular weight is 401 g/mol. The van der Waals surface area contributed by atoms with Gasteiger partial charge >= 0.3 is 0 Å². The lowest BCUT2D eigenvalue weighted by Gasteiger charge is -2.34. The van der Waals surface area contributed by atoms with E-state index in [9.17, 15) is 13.2 Å². The minimum Gasteiger partial charge on any atom is -0.309 e. The largest absolute Gasteiger partial charge is 0.309 e. The van der Waals surface area contributed by atoms with Gasteiger partial charge in [0.25, 0.3) is 5.91 Å². The van der Waals surface area contributed by atoms with Crippen LogP contribution in [0.1, 0.15) is 37.6 Å². The second-order valence-electron chi connectivity index (χ2n) is 7.68. The first kappa shape index (κ1) is 20.6. The molecule has 0 unspecified atom stereocenters. The van der Waals surface area contributed by atoms with Crippen molar-refractivity contribution in [1.29, 1.82) is 0 Å². The number of carbonyl (C=O) groups is 1. The molecule has 0 radical (unpaired) electrons. The molecule has 5 nitrogen and oxygen atoms in total. The third-order valence-electron chi connectivity index (χ3n) is 5.20. The average Bonchev–Trinajstić information content (AvgIpc) is 2.68. The fourth-order valence-corrected chi connectivity index (χ4v) is 5.61. The predicted molar refractivity (Wildman–Crippen MR) is 112 cm³/mol. The van der Waals surface area contributed by atoms with Crippen molar-refractivity contribution in [3.8, 4) is 0 Å². The Kier molecular flexibility index (Phi) is 6.20. The van der Waals surface area contributed by atoms with Crippen LogP contribution in [-0.2, 0) is 10.0 Å². The molecule has 2 atom stereocenters. The molecule has 1 fully saturated rings. The third kappa shape index (κ3) is 4.28. The number of piperidine rings is 1. The summed E-state index contributed by atoms with van der Waals surface area (Å²) in [5.41, 5.74) is 1.30. The number of amides is 1. The molecule has 0 aromatic heterocycles. The van der Waals surface area contributed by atoms with Crippen molar-refractivity contribution in [3.63, 3.8) is 0 Å². The van der Waals surface area contributed by atoms with Gasteiger partial charge in [-0.2, -0.15) is 4.31 Å². The van der Waals surface area contributed by atoms with Gasteiger partial charge in [-0.15, -0.1) is 0 Å². The minimum absolute atomic E-state index is 0.141. The van der Waals surface area contributed by atoms with Gasteiger partial charge in [0.2, 0.25) is 10.0 Å². The van der Waals surface area contributed by atoms with Crippen molar-refractivity contribution in [3.05, 3.63) is 60.2 Å². The van der Waals surface area contributed by atoms with Gasteiger partial charge in [0.15, 0.2) is 0 Å². The van der Waals surface area contributed by atoms with E-state index in [1.54, 1.807) is 33.5 Å². The smallest absolute Gasteiger partial charge is 0.258 e. The molecule has 1 amide bonds. The van der Waals surface area contributed by atoms with E-state index in [0.717, 1.165) is 12.1 Å². The summed E-state index contributed by atoms with van der Waals surface area (Å²) in [5.74, 6) is 0.560. The van der Waals surface area contributed by atoms with Gasteiger partial charge in [-0.3, -0.25) is 4.79 Å². The number of rotatable bonds is 5. The van der Waals surface area contributed by atoms with Gasteiger partial charge in [0, 0.05) is 30.9 Å². The molecule has 1 heterocycles. The van der Waals surface area contributed by atoms with Crippen molar-refractivity contribution in [1.82, 2.24) is 4.31 Å². The normalized spacial score (nSPS) is 20.7. The Hall–Kier alpha value is -2.18. The zero-order chi connectivity index (χ0) is 20.3. The summed E-state index contributed by atoms with van der Waals surface area (Å²) in [6.07, 6.45) is 1.05. The molecule has 2 aromatic rings. The van der Waals surface area contributed by atoms with Crippen LogP contribution in [0, 0.1) is 11.8 Å². The lowest BCUT2D eigenvalue weighted by molar-refractivity contribution is 0.0988. The van der Waals surface area contributed by atoms with Crippen LogP contribution in [0.3, 0.4) is 0 Å². The number of benzene rings is 2. The number of nitrogens with zero attached hydrogens (tertiary/aromatic N) is 2. The molecule has 1 aliphatic rings. The molecule has 0 N–H and O–H groups in total. The summed E-state index contributed by atoms with van der Waals surface area (Å²) in [4.78, 5) is 14.8. The maximum absolute atomic E-state index is 13.0. The van der Waals surface area contributed by atoms with Gasteiger partial charge in [-0.1, -0.05) is 32.0 Å². The van der Waals surface area contributed by atoms with Crippen molar-refractivity contribution >= 4 is 21.6 Å². The maximum atomic E-state index is 13.0. The first-order chi connectivity index (χ1) is 13.3. The molecule has 150 valence electrons. The molecule has 0 saturated carbocycles. The van der Waals surface area contributed by atoms with Crippen LogP contribution in [0.15, 0.2) is 59.5 Å². The summed E-state index contributed by atoms with van der Waals surface area (Å²) < 4.78 is 27.6. The maximum Gasteiger partial charge on any atom is 0.258 e. The Morgan fingerprint density at radius 3 is 2.11 bits per heavy atom. The Labute approximate surface area is 168 Å². The molecule has 1 saturated heterocycles. The Bertz CT molecular complexity index is 901. The molecule has 0 aliphatic carbocycles. The number of sulfonamides is 1. The van der Waals surface area contributed by atoms with E-state index in [-0.39, 0.29) is 10.8 Å². The number of hydrogen-bond acceptors (Lipinski definition) is 3. The molecule has 0 bridgehead atoms. The van der Waals surface area contributed by atoms with E-state index in [2.05, 4.69) is 13.8 Å². The Balaban J connectivity index is 1.82. The monoisotopic (exact) mass is 400 g/mol. The van der Waals surface area contributed by atoms with E-state index in [0.29, 0.717) is 37.0 Å². The van der Waals surface area contributed by atoms with Gasteiger partial charge in [-0.05, 0) is 61.6 Å². The number of carbonyl (C=O) groups excluding carboxylic acids is 1. The fraction of sp³-hybridized carbons (Fsp3) is 0.409. The van der Waals surface area contributed by atoms with E-state index < -0.39 is 10.0 Å². The highest BCUT2D eigenvalue weighted by molar-refractivity contribution is 7.89. The summed E-state index contributed by atoms with van der Waals surface area (Å²) in [6.45, 7) is 7.72. The molecule has 1 aliphatic heterocycles. The lowest BCUT2D eigenvalue weighted by Crippen LogP contribution is -2.42. The standard InChI is InChI=1S/C22H28N2O3S/c1-4-24(20-8-6-5-7-9-20)22(25)19-10-12-21(13-11-19)28(26,27)23-15-17(2)14-18(3)16-23/h5-13,17-18H,4,14-16H2,1-3H3/t17-,18-/m0/s1. The van der Waals surface area contributed by atoms with Crippen molar-refractivity contribution in [2.24, 2.45) is 11.8 Å². The number of para-hydroxylation sites is 1. The summed E-state index contributed by atoms with van der Waals surface area (Å²) in [6, 6.07) is 15.8. The highest BCUT2D eigenvalue weighted by atomic mass is 32.2. The van der Waals surface area contributed by atoms with E-state index in [1.807, 2.05) is 37.3 Å². The van der Waals surface area contributed by atoms with E-state index in [4.69, 9.17) is 0 Å². The first-order valence-electron chi connectivity index (χ1n) is 9.80. The zero-order valence-corrected chi connectivity index (χ0v) is 17.5. The van der Waals surface area contributed by atoms with Crippen LogP contribution < -0.4 is 4.90 Å². The topological polar surface area (TPSA) is 57.7 Å². The van der Waals surface area contributed by atoms with Gasteiger partial charge in [-0.25, -0.2) is 8.42 Å². The highest BCUT2D eigenvalue weighted by Crippen LogP contribution is 2.27. The highest BCUT2D eigenvalue weighted by Gasteiger charge is 2.31. The third-order valence-corrected chi connectivity index (χ3v) is 7.05. The van der Waals surface area contributed by atoms with Crippen LogP contribution >= 0.6 is 0 Å². The molecule has 2 aromatic carbocycles.